The Hall–Kier alpha value is -1.01. The third-order valence-electron chi connectivity index (χ3n) is 2.33. The first-order valence-electron chi connectivity index (χ1n) is 4.63. The van der Waals surface area contributed by atoms with Crippen molar-refractivity contribution in [3.63, 3.8) is 0 Å². The number of rotatable bonds is 1. The van der Waals surface area contributed by atoms with Gasteiger partial charge < -0.3 is 10.0 Å². The van der Waals surface area contributed by atoms with Crippen molar-refractivity contribution < 1.29 is 9.90 Å². The van der Waals surface area contributed by atoms with Crippen molar-refractivity contribution in [1.29, 1.82) is 0 Å². The Morgan fingerprint density at radius 3 is 3.00 bits per heavy atom. The minimum absolute atomic E-state index is 0.0119. The highest BCUT2D eigenvalue weighted by molar-refractivity contribution is 5.93. The van der Waals surface area contributed by atoms with Crippen molar-refractivity contribution in [1.82, 2.24) is 4.90 Å². The van der Waals surface area contributed by atoms with Gasteiger partial charge in [-0.2, -0.15) is 0 Å². The zero-order chi connectivity index (χ0) is 9.68. The summed E-state index contributed by atoms with van der Waals surface area (Å²) < 4.78 is 0. The Morgan fingerprint density at radius 1 is 1.62 bits per heavy atom. The van der Waals surface area contributed by atoms with Gasteiger partial charge in [-0.15, -0.1) is 0 Å². The molecule has 0 aromatic heterocycles. The zero-order valence-electron chi connectivity index (χ0n) is 7.92. The Balaban J connectivity index is 2.62. The molecule has 1 aliphatic rings. The highest BCUT2D eigenvalue weighted by atomic mass is 16.3. The smallest absolute Gasteiger partial charge is 0.298 e. The lowest BCUT2D eigenvalue weighted by Gasteiger charge is -2.32. The Morgan fingerprint density at radius 2 is 2.38 bits per heavy atom. The third-order valence-corrected chi connectivity index (χ3v) is 2.33. The molecule has 0 aromatic carbocycles. The molecule has 0 radical (unpaired) electrons. The monoisotopic (exact) mass is 181 g/mol. The van der Waals surface area contributed by atoms with Gasteiger partial charge in [-0.3, -0.25) is 4.79 Å². The molecule has 0 aliphatic carbocycles. The summed E-state index contributed by atoms with van der Waals surface area (Å²) in [7, 11) is 0. The molecule has 1 aliphatic heterocycles. The number of hydrogen-bond acceptors (Lipinski definition) is 2. The molecule has 1 fully saturated rings. The topological polar surface area (TPSA) is 40.5 Å². The summed E-state index contributed by atoms with van der Waals surface area (Å²) in [4.78, 5) is 13.1. The van der Waals surface area contributed by atoms with E-state index in [4.69, 9.17) is 5.11 Å². The number of aliphatic hydroxyl groups is 1. The molecular weight excluding hydrogens is 166 g/mol. The van der Waals surface area contributed by atoms with E-state index in [-0.39, 0.29) is 18.6 Å². The summed E-state index contributed by atoms with van der Waals surface area (Å²) in [5, 5.41) is 9.04. The van der Waals surface area contributed by atoms with Crippen molar-refractivity contribution >= 4 is 5.91 Å². The van der Waals surface area contributed by atoms with Crippen molar-refractivity contribution in [2.45, 2.75) is 32.2 Å². The van der Waals surface area contributed by atoms with Gasteiger partial charge in [-0.05, 0) is 32.1 Å². The summed E-state index contributed by atoms with van der Waals surface area (Å²) in [5.74, 6) is 4.94. The standard InChI is InChI=1S/C10H15NO2/c1-2-5-10(13)11-7-4-3-6-9(11)8-12/h9,12H,3-4,6-8H2,1H3. The molecule has 1 saturated heterocycles. The maximum absolute atomic E-state index is 11.4. The fraction of sp³-hybridized carbons (Fsp3) is 0.700. The van der Waals surface area contributed by atoms with Gasteiger partial charge in [-0.25, -0.2) is 0 Å². The Bertz CT molecular complexity index is 239. The minimum Gasteiger partial charge on any atom is -0.394 e. The predicted octanol–water partition coefficient (Wildman–Crippen LogP) is 0.383. The quantitative estimate of drug-likeness (QED) is 0.594. The lowest BCUT2D eigenvalue weighted by Crippen LogP contribution is -2.45. The van der Waals surface area contributed by atoms with Crippen LogP contribution in [0.4, 0.5) is 0 Å². The normalized spacial score (nSPS) is 22.0. The molecule has 13 heavy (non-hydrogen) atoms. The van der Waals surface area contributed by atoms with Crippen molar-refractivity contribution in [2.75, 3.05) is 13.2 Å². The molecule has 1 rings (SSSR count). The van der Waals surface area contributed by atoms with Gasteiger partial charge in [-0.1, -0.05) is 5.92 Å². The molecule has 0 bridgehead atoms. The first-order chi connectivity index (χ1) is 6.29. The molecule has 3 nitrogen and oxygen atoms in total. The second-order valence-electron chi connectivity index (χ2n) is 3.21. The van der Waals surface area contributed by atoms with E-state index in [2.05, 4.69) is 11.8 Å². The van der Waals surface area contributed by atoms with E-state index in [0.717, 1.165) is 25.8 Å². The lowest BCUT2D eigenvalue weighted by molar-refractivity contribution is -0.129. The van der Waals surface area contributed by atoms with E-state index in [1.54, 1.807) is 11.8 Å². The van der Waals surface area contributed by atoms with Gasteiger partial charge in [0.2, 0.25) is 0 Å². The first-order valence-corrected chi connectivity index (χ1v) is 4.63. The van der Waals surface area contributed by atoms with Crippen LogP contribution >= 0.6 is 0 Å². The van der Waals surface area contributed by atoms with Crippen LogP contribution in [0.2, 0.25) is 0 Å². The molecule has 1 amide bonds. The van der Waals surface area contributed by atoms with Crippen molar-refractivity contribution in [3.05, 3.63) is 0 Å². The Kier molecular flexibility index (Phi) is 3.78. The van der Waals surface area contributed by atoms with Crippen LogP contribution in [0.3, 0.4) is 0 Å². The maximum atomic E-state index is 11.4. The second-order valence-corrected chi connectivity index (χ2v) is 3.21. The number of hydrogen-bond donors (Lipinski definition) is 1. The van der Waals surface area contributed by atoms with Gasteiger partial charge >= 0.3 is 0 Å². The van der Waals surface area contributed by atoms with E-state index < -0.39 is 0 Å². The number of carbonyl (C=O) groups excluding carboxylic acids is 1. The molecular formula is C10H15NO2. The van der Waals surface area contributed by atoms with Gasteiger partial charge in [0.05, 0.1) is 12.6 Å². The zero-order valence-corrected chi connectivity index (χ0v) is 7.92. The number of likely N-dealkylation sites (tertiary alicyclic amines) is 1. The van der Waals surface area contributed by atoms with Gasteiger partial charge in [0.1, 0.15) is 0 Å². The molecule has 1 N–H and O–H groups in total. The largest absolute Gasteiger partial charge is 0.394 e. The van der Waals surface area contributed by atoms with Crippen molar-refractivity contribution in [2.24, 2.45) is 0 Å². The molecule has 3 heteroatoms. The summed E-state index contributed by atoms with van der Waals surface area (Å²) >= 11 is 0. The number of nitrogens with zero attached hydrogens (tertiary/aromatic N) is 1. The van der Waals surface area contributed by atoms with Crippen LogP contribution in [0.25, 0.3) is 0 Å². The van der Waals surface area contributed by atoms with E-state index in [9.17, 15) is 4.79 Å². The van der Waals surface area contributed by atoms with E-state index in [0.29, 0.717) is 0 Å². The number of carbonyl (C=O) groups is 1. The van der Waals surface area contributed by atoms with E-state index >= 15 is 0 Å². The lowest BCUT2D eigenvalue weighted by atomic mass is 10.0. The second kappa shape index (κ2) is 4.88. The van der Waals surface area contributed by atoms with Crippen LogP contribution in [-0.2, 0) is 4.79 Å². The number of aliphatic hydroxyl groups excluding tert-OH is 1. The number of piperidine rings is 1. The molecule has 0 saturated carbocycles. The fourth-order valence-electron chi connectivity index (χ4n) is 1.64. The van der Waals surface area contributed by atoms with Crippen LogP contribution in [-0.4, -0.2) is 35.1 Å². The SMILES string of the molecule is CC#CC(=O)N1CCCCC1CO. The van der Waals surface area contributed by atoms with Gasteiger partial charge in [0, 0.05) is 6.54 Å². The van der Waals surface area contributed by atoms with Gasteiger partial charge in [0.15, 0.2) is 0 Å². The molecule has 1 unspecified atom stereocenters. The Labute approximate surface area is 78.7 Å². The highest BCUT2D eigenvalue weighted by Crippen LogP contribution is 2.16. The fourth-order valence-corrected chi connectivity index (χ4v) is 1.64. The summed E-state index contributed by atoms with van der Waals surface area (Å²) in [6.45, 7) is 2.44. The van der Waals surface area contributed by atoms with Crippen LogP contribution < -0.4 is 0 Å². The average molecular weight is 181 g/mol. The summed E-state index contributed by atoms with van der Waals surface area (Å²) in [5.41, 5.74) is 0. The molecule has 1 atom stereocenters. The maximum Gasteiger partial charge on any atom is 0.298 e. The van der Waals surface area contributed by atoms with Gasteiger partial charge in [0.25, 0.3) is 5.91 Å². The number of amides is 1. The van der Waals surface area contributed by atoms with E-state index in [1.165, 1.54) is 0 Å². The molecule has 1 heterocycles. The summed E-state index contributed by atoms with van der Waals surface area (Å²) in [6, 6.07) is -0.0119. The van der Waals surface area contributed by atoms with Crippen LogP contribution in [0.1, 0.15) is 26.2 Å². The summed E-state index contributed by atoms with van der Waals surface area (Å²) in [6.07, 6.45) is 3.01. The highest BCUT2D eigenvalue weighted by Gasteiger charge is 2.24. The molecule has 0 aromatic rings. The third kappa shape index (κ3) is 2.46. The van der Waals surface area contributed by atoms with Crippen molar-refractivity contribution in [3.8, 4) is 11.8 Å². The first kappa shape index (κ1) is 10.1. The predicted molar refractivity (Wildman–Crippen MR) is 49.9 cm³/mol. The van der Waals surface area contributed by atoms with E-state index in [1.807, 2.05) is 0 Å². The molecule has 72 valence electrons. The minimum atomic E-state index is -0.152. The van der Waals surface area contributed by atoms with Crippen LogP contribution in [0.15, 0.2) is 0 Å². The average Bonchev–Trinajstić information content (AvgIpc) is 2.18. The molecule has 0 spiro atoms. The van der Waals surface area contributed by atoms with Crippen LogP contribution in [0.5, 0.6) is 0 Å². The van der Waals surface area contributed by atoms with Crippen LogP contribution in [0, 0.1) is 11.8 Å².